The molecule has 0 spiro atoms. The lowest BCUT2D eigenvalue weighted by atomic mass is 10.3. The highest BCUT2D eigenvalue weighted by molar-refractivity contribution is 8.14. The van der Waals surface area contributed by atoms with Crippen LogP contribution in [0.1, 0.15) is 5.69 Å². The van der Waals surface area contributed by atoms with Crippen molar-refractivity contribution in [2.75, 3.05) is 11.5 Å². The molecule has 19 heavy (non-hydrogen) atoms. The fraction of sp³-hybridized carbons (Fsp3) is 0.375. The maximum Gasteiger partial charge on any atom is 0.290 e. The predicted molar refractivity (Wildman–Crippen MR) is 67.3 cm³/mol. The molecule has 106 valence electrons. The summed E-state index contributed by atoms with van der Waals surface area (Å²) in [4.78, 5) is 13.5. The van der Waals surface area contributed by atoms with E-state index in [1.165, 1.54) is 6.92 Å². The Morgan fingerprint density at radius 1 is 1.26 bits per heavy atom. The van der Waals surface area contributed by atoms with E-state index in [-0.39, 0.29) is 11.4 Å². The van der Waals surface area contributed by atoms with Crippen molar-refractivity contribution in [2.45, 2.75) is 11.9 Å². The minimum atomic E-state index is -3.96. The van der Waals surface area contributed by atoms with Gasteiger partial charge in [0, 0.05) is 16.7 Å². The first-order chi connectivity index (χ1) is 8.53. The Bertz CT molecular complexity index is 713. The Balaban J connectivity index is 3.10. The monoisotopic (exact) mass is 328 g/mol. The van der Waals surface area contributed by atoms with Gasteiger partial charge in [-0.2, -0.15) is 0 Å². The van der Waals surface area contributed by atoms with E-state index < -0.39 is 40.3 Å². The second kappa shape index (κ2) is 5.39. The molecular weight excluding hydrogens is 320 g/mol. The van der Waals surface area contributed by atoms with Gasteiger partial charge in [0.1, 0.15) is 5.69 Å². The predicted octanol–water partition coefficient (Wildman–Crippen LogP) is 0.641. The summed E-state index contributed by atoms with van der Waals surface area (Å²) in [7, 11) is -2.97. The molecule has 0 aliphatic carbocycles. The van der Waals surface area contributed by atoms with E-state index in [1.54, 1.807) is 0 Å². The first-order valence-corrected chi connectivity index (χ1v) is 8.93. The van der Waals surface area contributed by atoms with Crippen molar-refractivity contribution >= 4 is 35.3 Å². The molecule has 0 radical (unpaired) electrons. The molecule has 1 aromatic heterocycles. The largest absolute Gasteiger partial charge is 0.290 e. The summed E-state index contributed by atoms with van der Waals surface area (Å²) in [5.41, 5.74) is -0.385. The van der Waals surface area contributed by atoms with Crippen molar-refractivity contribution in [1.82, 2.24) is 4.98 Å². The van der Waals surface area contributed by atoms with Gasteiger partial charge in [0.15, 0.2) is 14.9 Å². The molecule has 11 heteroatoms. The topological polar surface area (TPSA) is 124 Å². The van der Waals surface area contributed by atoms with E-state index in [4.69, 9.17) is 10.7 Å². The number of nitrogens with zero attached hydrogens (tertiary/aromatic N) is 2. The van der Waals surface area contributed by atoms with E-state index in [0.717, 1.165) is 12.1 Å². The Hall–Kier alpha value is -1.26. The van der Waals surface area contributed by atoms with Crippen LogP contribution in [0.25, 0.3) is 0 Å². The number of hydrogen-bond donors (Lipinski definition) is 0. The highest BCUT2D eigenvalue weighted by atomic mass is 35.7. The number of hydrogen-bond acceptors (Lipinski definition) is 7. The molecule has 1 rings (SSSR count). The molecule has 0 unspecified atom stereocenters. The zero-order chi connectivity index (χ0) is 14.8. The summed E-state index contributed by atoms with van der Waals surface area (Å²) in [5, 5.41) is 10.1. The maximum absolute atomic E-state index is 11.8. The molecule has 0 N–H and O–H groups in total. The van der Waals surface area contributed by atoms with Crippen LogP contribution in [-0.4, -0.2) is 38.2 Å². The maximum atomic E-state index is 11.8. The van der Waals surface area contributed by atoms with Crippen LogP contribution in [0.4, 0.5) is 5.69 Å². The van der Waals surface area contributed by atoms with Crippen LogP contribution in [0, 0.1) is 17.0 Å². The lowest BCUT2D eigenvalue weighted by Crippen LogP contribution is -2.16. The third-order valence-corrected chi connectivity index (χ3v) is 5.16. The minimum absolute atomic E-state index is 0.0696. The van der Waals surface area contributed by atoms with Gasteiger partial charge in [-0.15, -0.1) is 0 Å². The van der Waals surface area contributed by atoms with Gasteiger partial charge in [0.25, 0.3) is 5.69 Å². The number of halogens is 1. The summed E-state index contributed by atoms with van der Waals surface area (Å²) in [5.74, 6) is -1.49. The molecule has 8 nitrogen and oxygen atoms in total. The third-order valence-electron chi connectivity index (χ3n) is 2.14. The van der Waals surface area contributed by atoms with Gasteiger partial charge < -0.3 is 0 Å². The first-order valence-electron chi connectivity index (χ1n) is 4.80. The quantitative estimate of drug-likeness (QED) is 0.441. The highest BCUT2D eigenvalue weighted by Gasteiger charge is 2.22. The lowest BCUT2D eigenvalue weighted by molar-refractivity contribution is -0.385. The molecule has 0 saturated carbocycles. The SMILES string of the molecule is Cc1nc(S(=O)(=O)CCS(=O)(=O)Cl)ccc1[N+](=O)[O-]. The van der Waals surface area contributed by atoms with Crippen LogP contribution < -0.4 is 0 Å². The van der Waals surface area contributed by atoms with E-state index in [2.05, 4.69) is 4.98 Å². The summed E-state index contributed by atoms with van der Waals surface area (Å²) < 4.78 is 44.9. The third kappa shape index (κ3) is 4.40. The number of nitro groups is 1. The van der Waals surface area contributed by atoms with Crippen molar-refractivity contribution in [2.24, 2.45) is 0 Å². The van der Waals surface area contributed by atoms with E-state index in [9.17, 15) is 26.9 Å². The molecule has 1 heterocycles. The first kappa shape index (κ1) is 15.8. The van der Waals surface area contributed by atoms with Gasteiger partial charge in [-0.3, -0.25) is 10.1 Å². The minimum Gasteiger partial charge on any atom is -0.258 e. The molecule has 0 saturated heterocycles. The molecule has 0 aliphatic heterocycles. The van der Waals surface area contributed by atoms with Gasteiger partial charge in [-0.1, -0.05) is 0 Å². The smallest absolute Gasteiger partial charge is 0.258 e. The van der Waals surface area contributed by atoms with Crippen LogP contribution in [0.3, 0.4) is 0 Å². The van der Waals surface area contributed by atoms with Crippen LogP contribution in [0.15, 0.2) is 17.2 Å². The fourth-order valence-corrected chi connectivity index (χ4v) is 4.21. The van der Waals surface area contributed by atoms with Crippen LogP contribution in [-0.2, 0) is 18.9 Å². The summed E-state index contributed by atoms with van der Waals surface area (Å²) in [6.07, 6.45) is 0. The number of aromatic nitrogens is 1. The number of aryl methyl sites for hydroxylation is 1. The van der Waals surface area contributed by atoms with Gasteiger partial charge in [-0.05, 0) is 13.0 Å². The molecule has 0 atom stereocenters. The zero-order valence-corrected chi connectivity index (χ0v) is 12.0. The Morgan fingerprint density at radius 2 is 1.84 bits per heavy atom. The molecule has 1 aromatic rings. The fourth-order valence-electron chi connectivity index (χ4n) is 1.21. The molecule has 0 aromatic carbocycles. The zero-order valence-electron chi connectivity index (χ0n) is 9.61. The number of sulfone groups is 1. The van der Waals surface area contributed by atoms with Crippen molar-refractivity contribution < 1.29 is 21.8 Å². The van der Waals surface area contributed by atoms with Crippen molar-refractivity contribution in [3.63, 3.8) is 0 Å². The Kier molecular flexibility index (Phi) is 4.48. The Morgan fingerprint density at radius 3 is 2.26 bits per heavy atom. The molecule has 0 bridgehead atoms. The summed E-state index contributed by atoms with van der Waals surface area (Å²) in [6.45, 7) is 1.29. The van der Waals surface area contributed by atoms with Gasteiger partial charge in [0.2, 0.25) is 9.05 Å². The summed E-state index contributed by atoms with van der Waals surface area (Å²) >= 11 is 0. The van der Waals surface area contributed by atoms with Crippen LogP contribution >= 0.6 is 10.7 Å². The van der Waals surface area contributed by atoms with Gasteiger partial charge in [0.05, 0.1) is 16.4 Å². The average molecular weight is 329 g/mol. The molecule has 0 amide bonds. The standard InChI is InChI=1S/C8H9ClN2O6S2/c1-6-7(11(12)13)2-3-8(10-6)18(14,15)4-5-19(9,16)17/h2-3H,4-5H2,1H3. The molecular formula is C8H9ClN2O6S2. The van der Waals surface area contributed by atoms with Crippen molar-refractivity contribution in [1.29, 1.82) is 0 Å². The summed E-state index contributed by atoms with van der Waals surface area (Å²) in [6, 6.07) is 1.96. The number of rotatable bonds is 5. The highest BCUT2D eigenvalue weighted by Crippen LogP contribution is 2.19. The van der Waals surface area contributed by atoms with E-state index in [1.807, 2.05) is 0 Å². The van der Waals surface area contributed by atoms with Crippen molar-refractivity contribution in [3.8, 4) is 0 Å². The normalized spacial score (nSPS) is 12.3. The second-order valence-electron chi connectivity index (χ2n) is 3.57. The lowest BCUT2D eigenvalue weighted by Gasteiger charge is -2.03. The van der Waals surface area contributed by atoms with Gasteiger partial charge >= 0.3 is 0 Å². The van der Waals surface area contributed by atoms with E-state index in [0.29, 0.717) is 0 Å². The van der Waals surface area contributed by atoms with E-state index >= 15 is 0 Å². The van der Waals surface area contributed by atoms with Crippen molar-refractivity contribution in [3.05, 3.63) is 27.9 Å². The molecule has 0 fully saturated rings. The van der Waals surface area contributed by atoms with Crippen LogP contribution in [0.5, 0.6) is 0 Å². The molecule has 0 aliphatic rings. The number of pyridine rings is 1. The average Bonchev–Trinajstić information content (AvgIpc) is 2.25. The Labute approximate surface area is 113 Å². The second-order valence-corrected chi connectivity index (χ2v) is 8.53. The van der Waals surface area contributed by atoms with Gasteiger partial charge in [-0.25, -0.2) is 21.8 Å². The van der Waals surface area contributed by atoms with Crippen LogP contribution in [0.2, 0.25) is 0 Å².